The Kier molecular flexibility index (Phi) is 6.94. The number of anilines is 1. The monoisotopic (exact) mass is 416 g/mol. The zero-order valence-corrected chi connectivity index (χ0v) is 17.3. The van der Waals surface area contributed by atoms with Gasteiger partial charge in [0.05, 0.1) is 18.7 Å². The number of benzene rings is 2. The fourth-order valence-corrected chi connectivity index (χ4v) is 3.95. The summed E-state index contributed by atoms with van der Waals surface area (Å²) in [5, 5.41) is 0. The van der Waals surface area contributed by atoms with Crippen LogP contribution in [0.25, 0.3) is 0 Å². The Balaban J connectivity index is 1.72. The normalized spacial score (nSPS) is 19.9. The summed E-state index contributed by atoms with van der Waals surface area (Å²) in [6, 6.07) is 13.4. The smallest absolute Gasteiger partial charge is 0.416 e. The lowest BCUT2D eigenvalue weighted by Crippen LogP contribution is -2.42. The topological polar surface area (TPSA) is 15.7 Å². The highest BCUT2D eigenvalue weighted by molar-refractivity contribution is 5.46. The number of halogens is 3. The van der Waals surface area contributed by atoms with Crippen LogP contribution in [-0.4, -0.2) is 45.2 Å². The van der Waals surface area contributed by atoms with Crippen molar-refractivity contribution in [2.24, 2.45) is 5.92 Å². The Morgan fingerprint density at radius 3 is 2.33 bits per heavy atom. The van der Waals surface area contributed by atoms with E-state index in [0.29, 0.717) is 24.8 Å². The summed E-state index contributed by atoms with van der Waals surface area (Å²) in [6.45, 7) is 2.72. The van der Waals surface area contributed by atoms with Crippen molar-refractivity contribution in [3.63, 3.8) is 0 Å². The third-order valence-corrected chi connectivity index (χ3v) is 5.62. The van der Waals surface area contributed by atoms with E-state index in [4.69, 9.17) is 11.2 Å². The van der Waals surface area contributed by atoms with E-state index < -0.39 is 11.7 Å². The molecule has 3 rings (SSSR count). The van der Waals surface area contributed by atoms with Gasteiger partial charge < -0.3 is 9.64 Å². The number of rotatable bonds is 6. The van der Waals surface area contributed by atoms with E-state index in [0.717, 1.165) is 37.3 Å². The molecule has 0 radical (unpaired) electrons. The fourth-order valence-electron chi connectivity index (χ4n) is 3.95. The van der Waals surface area contributed by atoms with Gasteiger partial charge in [0.25, 0.3) is 0 Å². The molecule has 2 atom stereocenters. The number of likely N-dealkylation sites (tertiary alicyclic amines) is 1. The summed E-state index contributed by atoms with van der Waals surface area (Å²) >= 11 is 0. The molecule has 6 heteroatoms. The van der Waals surface area contributed by atoms with Gasteiger partial charge in [0.15, 0.2) is 0 Å². The molecule has 0 amide bonds. The molecule has 0 spiro atoms. The van der Waals surface area contributed by atoms with Gasteiger partial charge in [0.1, 0.15) is 5.75 Å². The van der Waals surface area contributed by atoms with Gasteiger partial charge in [-0.1, -0.05) is 18.1 Å². The van der Waals surface area contributed by atoms with Gasteiger partial charge in [0.2, 0.25) is 0 Å². The van der Waals surface area contributed by atoms with Crippen LogP contribution in [-0.2, 0) is 6.18 Å². The van der Waals surface area contributed by atoms with Gasteiger partial charge in [-0.2, -0.15) is 13.2 Å². The van der Waals surface area contributed by atoms with E-state index in [1.807, 2.05) is 14.1 Å². The number of hydrogen-bond acceptors (Lipinski definition) is 3. The second kappa shape index (κ2) is 9.44. The van der Waals surface area contributed by atoms with Crippen LogP contribution in [0.5, 0.6) is 5.75 Å². The summed E-state index contributed by atoms with van der Waals surface area (Å²) in [7, 11) is 4.02. The maximum atomic E-state index is 12.8. The molecule has 2 aromatic carbocycles. The second-order valence-corrected chi connectivity index (χ2v) is 7.91. The molecular weight excluding hydrogens is 389 g/mol. The van der Waals surface area contributed by atoms with Crippen LogP contribution in [0.3, 0.4) is 0 Å². The highest BCUT2D eigenvalue weighted by Crippen LogP contribution is 2.35. The van der Waals surface area contributed by atoms with Gasteiger partial charge in [-0.25, -0.2) is 0 Å². The standard InChI is InChI=1S/C24H27F3N2O/c1-4-14-29-15-13-23(18-5-9-21(10-6-18)28(2)3)19(16-29)17-30-22-11-7-20(8-12-22)24(25,26)27/h1,5-12,19,23H,13-17H2,2-3H3. The highest BCUT2D eigenvalue weighted by Gasteiger charge is 2.32. The minimum atomic E-state index is -4.35. The van der Waals surface area contributed by atoms with Crippen molar-refractivity contribution in [3.05, 3.63) is 59.7 Å². The van der Waals surface area contributed by atoms with Gasteiger partial charge in [-0.05, 0) is 60.8 Å². The minimum Gasteiger partial charge on any atom is -0.493 e. The predicted octanol–water partition coefficient (Wildman–Crippen LogP) is 4.89. The average Bonchev–Trinajstić information content (AvgIpc) is 2.72. The van der Waals surface area contributed by atoms with Crippen LogP contribution in [0.15, 0.2) is 48.5 Å². The van der Waals surface area contributed by atoms with Crippen LogP contribution in [0.1, 0.15) is 23.5 Å². The Bertz CT molecular complexity index is 854. The van der Waals surface area contributed by atoms with Crippen molar-refractivity contribution in [2.45, 2.75) is 18.5 Å². The molecule has 2 unspecified atom stereocenters. The first-order valence-electron chi connectivity index (χ1n) is 10.0. The van der Waals surface area contributed by atoms with Gasteiger partial charge in [-0.15, -0.1) is 6.42 Å². The molecule has 160 valence electrons. The largest absolute Gasteiger partial charge is 0.493 e. The molecule has 0 bridgehead atoms. The van der Waals surface area contributed by atoms with Crippen molar-refractivity contribution in [1.29, 1.82) is 0 Å². The molecular formula is C24H27F3N2O. The number of ether oxygens (including phenoxy) is 1. The third-order valence-electron chi connectivity index (χ3n) is 5.62. The Morgan fingerprint density at radius 2 is 1.77 bits per heavy atom. The first-order chi connectivity index (χ1) is 14.3. The second-order valence-electron chi connectivity index (χ2n) is 7.91. The average molecular weight is 416 g/mol. The van der Waals surface area contributed by atoms with Crippen LogP contribution in [0.4, 0.5) is 18.9 Å². The highest BCUT2D eigenvalue weighted by atomic mass is 19.4. The minimum absolute atomic E-state index is 0.194. The zero-order chi connectivity index (χ0) is 21.7. The molecule has 3 nitrogen and oxygen atoms in total. The Hall–Kier alpha value is -2.65. The SMILES string of the molecule is C#CCN1CCC(c2ccc(N(C)C)cc2)C(COc2ccc(C(F)(F)F)cc2)C1. The molecule has 30 heavy (non-hydrogen) atoms. The maximum Gasteiger partial charge on any atom is 0.416 e. The van der Waals surface area contributed by atoms with Gasteiger partial charge in [-0.3, -0.25) is 4.90 Å². The number of piperidine rings is 1. The molecule has 1 aliphatic rings. The number of nitrogens with zero attached hydrogens (tertiary/aromatic N) is 2. The lowest BCUT2D eigenvalue weighted by atomic mass is 9.80. The van der Waals surface area contributed by atoms with Crippen LogP contribution < -0.4 is 9.64 Å². The van der Waals surface area contributed by atoms with E-state index >= 15 is 0 Å². The molecule has 1 aliphatic heterocycles. The summed E-state index contributed by atoms with van der Waals surface area (Å²) < 4.78 is 44.2. The number of hydrogen-bond donors (Lipinski definition) is 0. The molecule has 2 aromatic rings. The predicted molar refractivity (Wildman–Crippen MR) is 114 cm³/mol. The lowest BCUT2D eigenvalue weighted by Gasteiger charge is -2.38. The van der Waals surface area contributed by atoms with Crippen molar-refractivity contribution in [1.82, 2.24) is 4.90 Å². The van der Waals surface area contributed by atoms with E-state index in [9.17, 15) is 13.2 Å². The lowest BCUT2D eigenvalue weighted by molar-refractivity contribution is -0.137. The summed E-state index contributed by atoms with van der Waals surface area (Å²) in [5.41, 5.74) is 1.72. The van der Waals surface area contributed by atoms with E-state index in [1.165, 1.54) is 17.7 Å². The van der Waals surface area contributed by atoms with Crippen LogP contribution >= 0.6 is 0 Å². The molecule has 1 fully saturated rings. The maximum absolute atomic E-state index is 12.8. The molecule has 0 N–H and O–H groups in total. The first kappa shape index (κ1) is 22.0. The molecule has 1 saturated heterocycles. The third kappa shape index (κ3) is 5.48. The summed E-state index contributed by atoms with van der Waals surface area (Å²) in [5.74, 6) is 3.65. The van der Waals surface area contributed by atoms with E-state index in [2.05, 4.69) is 40.0 Å². The van der Waals surface area contributed by atoms with E-state index in [-0.39, 0.29) is 5.92 Å². The summed E-state index contributed by atoms with van der Waals surface area (Å²) in [6.07, 6.45) is 2.11. The molecule has 0 aromatic heterocycles. The number of terminal acetylenes is 1. The van der Waals surface area contributed by atoms with Crippen molar-refractivity contribution >= 4 is 5.69 Å². The Labute approximate surface area is 176 Å². The summed E-state index contributed by atoms with van der Waals surface area (Å²) in [4.78, 5) is 4.29. The molecule has 0 aliphatic carbocycles. The van der Waals surface area contributed by atoms with E-state index in [1.54, 1.807) is 0 Å². The van der Waals surface area contributed by atoms with Crippen LogP contribution in [0, 0.1) is 18.3 Å². The van der Waals surface area contributed by atoms with Gasteiger partial charge >= 0.3 is 6.18 Å². The number of alkyl halides is 3. The Morgan fingerprint density at radius 1 is 1.10 bits per heavy atom. The molecule has 0 saturated carbocycles. The van der Waals surface area contributed by atoms with Crippen molar-refractivity contribution in [2.75, 3.05) is 45.2 Å². The van der Waals surface area contributed by atoms with Gasteiger partial charge in [0, 0.05) is 32.2 Å². The fraction of sp³-hybridized carbons (Fsp3) is 0.417. The van der Waals surface area contributed by atoms with Crippen molar-refractivity contribution < 1.29 is 17.9 Å². The zero-order valence-electron chi connectivity index (χ0n) is 17.3. The molecule has 1 heterocycles. The quantitative estimate of drug-likeness (QED) is 0.624. The van der Waals surface area contributed by atoms with Crippen molar-refractivity contribution in [3.8, 4) is 18.1 Å². The first-order valence-corrected chi connectivity index (χ1v) is 10.0. The van der Waals surface area contributed by atoms with Crippen LogP contribution in [0.2, 0.25) is 0 Å².